The van der Waals surface area contributed by atoms with Gasteiger partial charge in [-0.1, -0.05) is 59.8 Å². The first-order valence-electron chi connectivity index (χ1n) is 8.55. The van der Waals surface area contributed by atoms with Crippen molar-refractivity contribution >= 4 is 5.91 Å². The Bertz CT molecular complexity index is 303. The molecule has 1 rings (SSSR count). The molecule has 1 aliphatic heterocycles. The zero-order valence-electron chi connectivity index (χ0n) is 14.2. The molecule has 0 aliphatic carbocycles. The average molecular weight is 282 g/mol. The van der Waals surface area contributed by atoms with Crippen molar-refractivity contribution in [3.05, 3.63) is 0 Å². The molecule has 1 heterocycles. The predicted octanol–water partition coefficient (Wildman–Crippen LogP) is 3.93. The highest BCUT2D eigenvalue weighted by molar-refractivity contribution is 5.88. The summed E-state index contributed by atoms with van der Waals surface area (Å²) in [6.07, 6.45) is 8.73. The maximum Gasteiger partial charge on any atom is 0.243 e. The van der Waals surface area contributed by atoms with E-state index in [0.29, 0.717) is 11.8 Å². The van der Waals surface area contributed by atoms with Crippen molar-refractivity contribution < 1.29 is 4.79 Å². The molecule has 0 aromatic rings. The Morgan fingerprint density at radius 1 is 1.15 bits per heavy atom. The molecule has 0 aromatic carbocycles. The Kier molecular flexibility index (Phi) is 7.01. The van der Waals surface area contributed by atoms with E-state index in [1.807, 2.05) is 6.92 Å². The molecule has 1 N–H and O–H groups in total. The third kappa shape index (κ3) is 4.21. The van der Waals surface area contributed by atoms with E-state index in [9.17, 15) is 4.79 Å². The zero-order valence-corrected chi connectivity index (χ0v) is 14.2. The second-order valence-corrected chi connectivity index (χ2v) is 6.79. The molecule has 20 heavy (non-hydrogen) atoms. The molecule has 0 radical (unpaired) electrons. The number of carbonyl (C=O) groups excluding carboxylic acids is 1. The van der Waals surface area contributed by atoms with Crippen LogP contribution in [0.5, 0.6) is 0 Å². The fourth-order valence-electron chi connectivity index (χ4n) is 2.99. The molecular weight excluding hydrogens is 248 g/mol. The SMILES string of the molecule is CCCCCCCCN1C(=O)C(C)(CC)NC1C(C)C. The van der Waals surface area contributed by atoms with Crippen molar-refractivity contribution in [2.45, 2.75) is 91.3 Å². The summed E-state index contributed by atoms with van der Waals surface area (Å²) in [6.45, 7) is 11.7. The molecule has 1 amide bonds. The Hall–Kier alpha value is -0.570. The van der Waals surface area contributed by atoms with E-state index >= 15 is 0 Å². The second-order valence-electron chi connectivity index (χ2n) is 6.79. The maximum absolute atomic E-state index is 12.6. The Labute approximate surface area is 125 Å². The molecule has 2 atom stereocenters. The number of nitrogens with zero attached hydrogens (tertiary/aromatic N) is 1. The van der Waals surface area contributed by atoms with Crippen molar-refractivity contribution in [1.82, 2.24) is 10.2 Å². The lowest BCUT2D eigenvalue weighted by Crippen LogP contribution is -2.45. The number of nitrogens with one attached hydrogen (secondary N) is 1. The molecule has 0 saturated carbocycles. The van der Waals surface area contributed by atoms with Crippen molar-refractivity contribution in [3.63, 3.8) is 0 Å². The minimum atomic E-state index is -0.350. The van der Waals surface area contributed by atoms with Crippen LogP contribution < -0.4 is 5.32 Å². The fraction of sp³-hybridized carbons (Fsp3) is 0.941. The topological polar surface area (TPSA) is 32.3 Å². The minimum Gasteiger partial charge on any atom is -0.325 e. The standard InChI is InChI=1S/C17H34N2O/c1-6-8-9-10-11-12-13-19-15(14(3)4)18-17(5,7-2)16(19)20/h14-15,18H,6-13H2,1-5H3. The summed E-state index contributed by atoms with van der Waals surface area (Å²) in [4.78, 5) is 14.7. The highest BCUT2D eigenvalue weighted by Crippen LogP contribution is 2.27. The van der Waals surface area contributed by atoms with Gasteiger partial charge in [0.1, 0.15) is 0 Å². The van der Waals surface area contributed by atoms with E-state index in [2.05, 4.69) is 37.9 Å². The summed E-state index contributed by atoms with van der Waals surface area (Å²) < 4.78 is 0. The van der Waals surface area contributed by atoms with E-state index in [1.165, 1.54) is 32.1 Å². The van der Waals surface area contributed by atoms with E-state index in [1.54, 1.807) is 0 Å². The van der Waals surface area contributed by atoms with Gasteiger partial charge in [-0.25, -0.2) is 0 Å². The zero-order chi connectivity index (χ0) is 15.2. The maximum atomic E-state index is 12.6. The first-order chi connectivity index (χ1) is 9.46. The highest BCUT2D eigenvalue weighted by atomic mass is 16.2. The van der Waals surface area contributed by atoms with E-state index in [0.717, 1.165) is 19.4 Å². The normalized spacial score (nSPS) is 26.8. The van der Waals surface area contributed by atoms with Crippen LogP contribution in [0.2, 0.25) is 0 Å². The van der Waals surface area contributed by atoms with Crippen LogP contribution >= 0.6 is 0 Å². The van der Waals surface area contributed by atoms with Gasteiger partial charge in [-0.2, -0.15) is 0 Å². The largest absolute Gasteiger partial charge is 0.325 e. The second kappa shape index (κ2) is 8.02. The van der Waals surface area contributed by atoms with Gasteiger partial charge in [0.2, 0.25) is 5.91 Å². The van der Waals surface area contributed by atoms with E-state index < -0.39 is 0 Å². The molecular formula is C17H34N2O. The van der Waals surface area contributed by atoms with E-state index in [4.69, 9.17) is 0 Å². The van der Waals surface area contributed by atoms with Crippen LogP contribution in [0, 0.1) is 5.92 Å². The predicted molar refractivity (Wildman–Crippen MR) is 85.5 cm³/mol. The van der Waals surface area contributed by atoms with E-state index in [-0.39, 0.29) is 11.7 Å². The van der Waals surface area contributed by atoms with Gasteiger partial charge in [0.25, 0.3) is 0 Å². The number of carbonyl (C=O) groups is 1. The van der Waals surface area contributed by atoms with Gasteiger partial charge in [0, 0.05) is 6.54 Å². The van der Waals surface area contributed by atoms with Crippen LogP contribution in [0.25, 0.3) is 0 Å². The van der Waals surface area contributed by atoms with Crippen LogP contribution in [0.4, 0.5) is 0 Å². The van der Waals surface area contributed by atoms with Crippen molar-refractivity contribution in [1.29, 1.82) is 0 Å². The molecule has 118 valence electrons. The van der Waals surface area contributed by atoms with Gasteiger partial charge in [0.15, 0.2) is 0 Å². The number of unbranched alkanes of at least 4 members (excludes halogenated alkanes) is 5. The number of hydrogen-bond acceptors (Lipinski definition) is 2. The molecule has 0 spiro atoms. The summed E-state index contributed by atoms with van der Waals surface area (Å²) >= 11 is 0. The summed E-state index contributed by atoms with van der Waals surface area (Å²) in [5.41, 5.74) is -0.350. The molecule has 1 fully saturated rings. The molecule has 1 aliphatic rings. The monoisotopic (exact) mass is 282 g/mol. The highest BCUT2D eigenvalue weighted by Gasteiger charge is 2.47. The number of rotatable bonds is 9. The molecule has 3 heteroatoms. The van der Waals surface area contributed by atoms with Crippen LogP contribution in [-0.4, -0.2) is 29.1 Å². The Morgan fingerprint density at radius 3 is 2.30 bits per heavy atom. The molecule has 2 unspecified atom stereocenters. The van der Waals surface area contributed by atoms with Gasteiger partial charge in [-0.15, -0.1) is 0 Å². The van der Waals surface area contributed by atoms with Crippen LogP contribution in [-0.2, 0) is 4.79 Å². The Balaban J connectivity index is 2.46. The van der Waals surface area contributed by atoms with Gasteiger partial charge >= 0.3 is 0 Å². The lowest BCUT2D eigenvalue weighted by Gasteiger charge is -2.27. The molecule has 0 bridgehead atoms. The van der Waals surface area contributed by atoms with Crippen LogP contribution in [0.3, 0.4) is 0 Å². The summed E-state index contributed by atoms with van der Waals surface area (Å²) in [7, 11) is 0. The lowest BCUT2D eigenvalue weighted by molar-refractivity contribution is -0.133. The fourth-order valence-corrected chi connectivity index (χ4v) is 2.99. The quantitative estimate of drug-likeness (QED) is 0.650. The van der Waals surface area contributed by atoms with Crippen LogP contribution in [0.1, 0.15) is 79.6 Å². The minimum absolute atomic E-state index is 0.211. The van der Waals surface area contributed by atoms with Crippen molar-refractivity contribution in [2.24, 2.45) is 5.92 Å². The van der Waals surface area contributed by atoms with Gasteiger partial charge in [-0.05, 0) is 25.7 Å². The number of hydrogen-bond donors (Lipinski definition) is 1. The third-order valence-corrected chi connectivity index (χ3v) is 4.63. The Morgan fingerprint density at radius 2 is 1.75 bits per heavy atom. The molecule has 3 nitrogen and oxygen atoms in total. The molecule has 0 aromatic heterocycles. The average Bonchev–Trinajstić information content (AvgIpc) is 2.68. The van der Waals surface area contributed by atoms with Crippen molar-refractivity contribution in [3.8, 4) is 0 Å². The summed E-state index contributed by atoms with van der Waals surface area (Å²) in [5, 5.41) is 3.55. The smallest absolute Gasteiger partial charge is 0.243 e. The van der Waals surface area contributed by atoms with Crippen LogP contribution in [0.15, 0.2) is 0 Å². The summed E-state index contributed by atoms with van der Waals surface area (Å²) in [5.74, 6) is 0.764. The van der Waals surface area contributed by atoms with Gasteiger partial charge in [-0.3, -0.25) is 10.1 Å². The lowest BCUT2D eigenvalue weighted by atomic mass is 9.99. The first kappa shape index (κ1) is 17.5. The molecule has 1 saturated heterocycles. The van der Waals surface area contributed by atoms with Crippen molar-refractivity contribution in [2.75, 3.05) is 6.54 Å². The van der Waals surface area contributed by atoms with Gasteiger partial charge in [0.05, 0.1) is 11.7 Å². The summed E-state index contributed by atoms with van der Waals surface area (Å²) in [6, 6.07) is 0. The first-order valence-corrected chi connectivity index (χ1v) is 8.55. The third-order valence-electron chi connectivity index (χ3n) is 4.63. The number of amides is 1. The van der Waals surface area contributed by atoms with Gasteiger partial charge < -0.3 is 4.90 Å².